The largest absolute Gasteiger partial charge is 0.383 e. The second-order valence-corrected chi connectivity index (χ2v) is 4.01. The highest BCUT2D eigenvalue weighted by Crippen LogP contribution is 2.14. The Balaban J connectivity index is 2.90. The molecule has 18 heavy (non-hydrogen) atoms. The predicted octanol–water partition coefficient (Wildman–Crippen LogP) is 1.18. The number of aryl methyl sites for hydroxylation is 1. The maximum absolute atomic E-state index is 13.9. The molecule has 0 saturated carbocycles. The van der Waals surface area contributed by atoms with Gasteiger partial charge in [0.2, 0.25) is 0 Å². The van der Waals surface area contributed by atoms with Gasteiger partial charge in [-0.05, 0) is 18.6 Å². The first kappa shape index (κ1) is 14.6. The molecular weight excluding hydrogens is 235 g/mol. The summed E-state index contributed by atoms with van der Waals surface area (Å²) in [5.41, 5.74) is 6.00. The van der Waals surface area contributed by atoms with Gasteiger partial charge < -0.3 is 15.4 Å². The second kappa shape index (κ2) is 7.08. The Hall–Kier alpha value is -1.46. The van der Waals surface area contributed by atoms with E-state index in [1.807, 2.05) is 0 Å². The van der Waals surface area contributed by atoms with Crippen LogP contribution in [-0.4, -0.2) is 44.2 Å². The van der Waals surface area contributed by atoms with Crippen molar-refractivity contribution in [1.29, 1.82) is 0 Å². The molecule has 0 aliphatic carbocycles. The normalized spacial score (nSPS) is 10.4. The van der Waals surface area contributed by atoms with E-state index in [2.05, 4.69) is 0 Å². The molecule has 1 amide bonds. The van der Waals surface area contributed by atoms with Gasteiger partial charge >= 0.3 is 0 Å². The maximum Gasteiger partial charge on any atom is 0.256 e. The molecule has 5 heteroatoms. The maximum atomic E-state index is 13.9. The van der Waals surface area contributed by atoms with E-state index in [9.17, 15) is 9.18 Å². The summed E-state index contributed by atoms with van der Waals surface area (Å²) in [7, 11) is 1.55. The zero-order valence-electron chi connectivity index (χ0n) is 10.8. The van der Waals surface area contributed by atoms with E-state index < -0.39 is 5.82 Å². The lowest BCUT2D eigenvalue weighted by atomic mass is 10.1. The molecule has 4 nitrogen and oxygen atoms in total. The van der Waals surface area contributed by atoms with Gasteiger partial charge in [0.15, 0.2) is 0 Å². The van der Waals surface area contributed by atoms with Crippen molar-refractivity contribution < 1.29 is 13.9 Å². The van der Waals surface area contributed by atoms with E-state index in [0.717, 1.165) is 0 Å². The molecule has 1 aromatic rings. The zero-order chi connectivity index (χ0) is 13.5. The smallest absolute Gasteiger partial charge is 0.256 e. The number of benzene rings is 1. The Bertz CT molecular complexity index is 410. The predicted molar refractivity (Wildman–Crippen MR) is 68.0 cm³/mol. The average molecular weight is 254 g/mol. The fraction of sp³-hybridized carbons (Fsp3) is 0.462. The number of nitrogens with zero attached hydrogens (tertiary/aromatic N) is 1. The monoisotopic (exact) mass is 254 g/mol. The minimum atomic E-state index is -0.470. The fourth-order valence-corrected chi connectivity index (χ4v) is 1.66. The molecule has 0 aliphatic heterocycles. The van der Waals surface area contributed by atoms with Crippen molar-refractivity contribution in [3.05, 3.63) is 35.1 Å². The van der Waals surface area contributed by atoms with Crippen molar-refractivity contribution in [3.8, 4) is 0 Å². The van der Waals surface area contributed by atoms with Crippen LogP contribution < -0.4 is 5.73 Å². The van der Waals surface area contributed by atoms with Crippen LogP contribution in [0.5, 0.6) is 0 Å². The van der Waals surface area contributed by atoms with Gasteiger partial charge in [-0.3, -0.25) is 4.79 Å². The number of amides is 1. The van der Waals surface area contributed by atoms with Crippen molar-refractivity contribution >= 4 is 5.91 Å². The lowest BCUT2D eigenvalue weighted by Gasteiger charge is -2.22. The quantitative estimate of drug-likeness (QED) is 0.829. The number of rotatable bonds is 6. The SMILES string of the molecule is COCCN(CCN)C(=O)c1cccc(C)c1F. The van der Waals surface area contributed by atoms with Crippen LogP contribution in [0, 0.1) is 12.7 Å². The van der Waals surface area contributed by atoms with E-state index in [-0.39, 0.29) is 11.5 Å². The fourth-order valence-electron chi connectivity index (χ4n) is 1.66. The standard InChI is InChI=1S/C13H19FN2O2/c1-10-4-3-5-11(12(10)14)13(17)16(7-6-15)8-9-18-2/h3-5H,6-9,15H2,1-2H3. The number of hydrogen-bond acceptors (Lipinski definition) is 3. The molecule has 0 radical (unpaired) electrons. The van der Waals surface area contributed by atoms with E-state index in [1.54, 1.807) is 26.2 Å². The van der Waals surface area contributed by atoms with Crippen LogP contribution in [0.25, 0.3) is 0 Å². The lowest BCUT2D eigenvalue weighted by Crippen LogP contribution is -2.38. The molecule has 0 fully saturated rings. The summed E-state index contributed by atoms with van der Waals surface area (Å²) < 4.78 is 18.8. The molecule has 0 saturated heterocycles. The van der Waals surface area contributed by atoms with Gasteiger partial charge in [0.25, 0.3) is 5.91 Å². The molecule has 1 aromatic carbocycles. The van der Waals surface area contributed by atoms with Crippen LogP contribution in [-0.2, 0) is 4.74 Å². The van der Waals surface area contributed by atoms with E-state index in [4.69, 9.17) is 10.5 Å². The Morgan fingerprint density at radius 3 is 2.78 bits per heavy atom. The Morgan fingerprint density at radius 1 is 1.44 bits per heavy atom. The van der Waals surface area contributed by atoms with Crippen LogP contribution in [0.3, 0.4) is 0 Å². The molecule has 0 spiro atoms. The zero-order valence-corrected chi connectivity index (χ0v) is 10.8. The molecule has 0 bridgehead atoms. The van der Waals surface area contributed by atoms with Gasteiger partial charge in [-0.15, -0.1) is 0 Å². The molecule has 100 valence electrons. The molecular formula is C13H19FN2O2. The van der Waals surface area contributed by atoms with E-state index in [1.165, 1.54) is 11.0 Å². The van der Waals surface area contributed by atoms with Gasteiger partial charge in [0.05, 0.1) is 12.2 Å². The third-order valence-electron chi connectivity index (χ3n) is 2.67. The molecule has 2 N–H and O–H groups in total. The van der Waals surface area contributed by atoms with Gasteiger partial charge in [0.1, 0.15) is 5.82 Å². The molecule has 0 aromatic heterocycles. The highest BCUT2D eigenvalue weighted by atomic mass is 19.1. The average Bonchev–Trinajstić information content (AvgIpc) is 2.37. The highest BCUT2D eigenvalue weighted by Gasteiger charge is 2.19. The topological polar surface area (TPSA) is 55.6 Å². The molecule has 0 heterocycles. The molecule has 0 unspecified atom stereocenters. The van der Waals surface area contributed by atoms with Crippen molar-refractivity contribution in [3.63, 3.8) is 0 Å². The number of halogens is 1. The Labute approximate surface area is 107 Å². The Kier molecular flexibility index (Phi) is 5.74. The number of methoxy groups -OCH3 is 1. The molecule has 0 aliphatic rings. The van der Waals surface area contributed by atoms with E-state index in [0.29, 0.717) is 31.8 Å². The third-order valence-corrected chi connectivity index (χ3v) is 2.67. The van der Waals surface area contributed by atoms with E-state index >= 15 is 0 Å². The van der Waals surface area contributed by atoms with Crippen LogP contribution in [0.4, 0.5) is 4.39 Å². The number of hydrogen-bond donors (Lipinski definition) is 1. The second-order valence-electron chi connectivity index (χ2n) is 4.01. The summed E-state index contributed by atoms with van der Waals surface area (Å²) in [5.74, 6) is -0.819. The molecule has 0 atom stereocenters. The first-order valence-electron chi connectivity index (χ1n) is 5.85. The van der Waals surface area contributed by atoms with Crippen molar-refractivity contribution in [2.24, 2.45) is 5.73 Å². The van der Waals surface area contributed by atoms with Crippen molar-refractivity contribution in [2.45, 2.75) is 6.92 Å². The summed E-state index contributed by atoms with van der Waals surface area (Å²) in [4.78, 5) is 13.7. The first-order chi connectivity index (χ1) is 8.61. The van der Waals surface area contributed by atoms with Crippen molar-refractivity contribution in [1.82, 2.24) is 4.90 Å². The number of nitrogens with two attached hydrogens (primary N) is 1. The number of carbonyl (C=O) groups is 1. The first-order valence-corrected chi connectivity index (χ1v) is 5.85. The minimum absolute atomic E-state index is 0.0829. The van der Waals surface area contributed by atoms with Crippen LogP contribution in [0.15, 0.2) is 18.2 Å². The van der Waals surface area contributed by atoms with Gasteiger partial charge in [0, 0.05) is 26.7 Å². The summed E-state index contributed by atoms with van der Waals surface area (Å²) in [5, 5.41) is 0. The van der Waals surface area contributed by atoms with Crippen LogP contribution >= 0.6 is 0 Å². The summed E-state index contributed by atoms with van der Waals surface area (Å²) in [6.45, 7) is 3.16. The highest BCUT2D eigenvalue weighted by molar-refractivity contribution is 5.94. The van der Waals surface area contributed by atoms with Gasteiger partial charge in [-0.25, -0.2) is 4.39 Å². The van der Waals surface area contributed by atoms with Crippen molar-refractivity contribution in [2.75, 3.05) is 33.4 Å². The lowest BCUT2D eigenvalue weighted by molar-refractivity contribution is 0.0696. The Morgan fingerprint density at radius 2 is 2.17 bits per heavy atom. The minimum Gasteiger partial charge on any atom is -0.383 e. The van der Waals surface area contributed by atoms with Crippen LogP contribution in [0.2, 0.25) is 0 Å². The summed E-state index contributed by atoms with van der Waals surface area (Å²) >= 11 is 0. The molecule has 1 rings (SSSR count). The number of ether oxygens (including phenoxy) is 1. The number of carbonyl (C=O) groups excluding carboxylic acids is 1. The van der Waals surface area contributed by atoms with Gasteiger partial charge in [-0.1, -0.05) is 12.1 Å². The van der Waals surface area contributed by atoms with Gasteiger partial charge in [-0.2, -0.15) is 0 Å². The van der Waals surface area contributed by atoms with Crippen LogP contribution in [0.1, 0.15) is 15.9 Å². The summed E-state index contributed by atoms with van der Waals surface area (Å²) in [6.07, 6.45) is 0. The summed E-state index contributed by atoms with van der Waals surface area (Å²) in [6, 6.07) is 4.79. The third kappa shape index (κ3) is 3.51.